The topological polar surface area (TPSA) is 32.7 Å². The first-order valence-electron chi connectivity index (χ1n) is 6.20. The number of hydrogen-bond donors (Lipinski definition) is 1. The molecule has 1 unspecified atom stereocenters. The van der Waals surface area contributed by atoms with Crippen LogP contribution in [-0.2, 0) is 6.54 Å². The van der Waals surface area contributed by atoms with Crippen molar-refractivity contribution in [2.45, 2.75) is 33.4 Å². The molecule has 0 radical (unpaired) electrons. The zero-order valence-corrected chi connectivity index (χ0v) is 11.2. The van der Waals surface area contributed by atoms with Gasteiger partial charge in [-0.3, -0.25) is 0 Å². The van der Waals surface area contributed by atoms with Gasteiger partial charge in [-0.05, 0) is 45.1 Å². The lowest BCUT2D eigenvalue weighted by atomic mass is 10.1. The van der Waals surface area contributed by atoms with Crippen LogP contribution in [0.3, 0.4) is 0 Å². The monoisotopic (exact) mass is 237 g/mol. The van der Waals surface area contributed by atoms with Crippen molar-refractivity contribution >= 4 is 0 Å². The summed E-state index contributed by atoms with van der Waals surface area (Å²) in [6, 6.07) is 5.90. The van der Waals surface area contributed by atoms with Crippen molar-refractivity contribution < 1.29 is 9.84 Å². The first kappa shape index (κ1) is 14.0. The molecular formula is C14H23NO2. The van der Waals surface area contributed by atoms with Crippen molar-refractivity contribution in [3.8, 4) is 5.75 Å². The second-order valence-electron chi connectivity index (χ2n) is 4.31. The lowest BCUT2D eigenvalue weighted by Gasteiger charge is -2.18. The third kappa shape index (κ3) is 4.02. The number of hydrogen-bond acceptors (Lipinski definition) is 3. The van der Waals surface area contributed by atoms with Gasteiger partial charge in [-0.15, -0.1) is 0 Å². The zero-order valence-electron chi connectivity index (χ0n) is 11.2. The molecule has 0 bridgehead atoms. The molecule has 0 amide bonds. The van der Waals surface area contributed by atoms with Crippen LogP contribution < -0.4 is 4.74 Å². The van der Waals surface area contributed by atoms with Crippen molar-refractivity contribution in [1.29, 1.82) is 0 Å². The Morgan fingerprint density at radius 2 is 2.06 bits per heavy atom. The molecule has 1 atom stereocenters. The molecule has 0 fully saturated rings. The molecule has 0 aliphatic heterocycles. The van der Waals surface area contributed by atoms with Crippen molar-refractivity contribution in [1.82, 2.24) is 4.90 Å². The van der Waals surface area contributed by atoms with E-state index in [0.717, 1.165) is 30.0 Å². The number of rotatable bonds is 6. The normalized spacial score (nSPS) is 12.8. The van der Waals surface area contributed by atoms with Crippen LogP contribution in [0.1, 0.15) is 38.0 Å². The van der Waals surface area contributed by atoms with E-state index in [2.05, 4.69) is 18.9 Å². The van der Waals surface area contributed by atoms with Gasteiger partial charge in [-0.25, -0.2) is 0 Å². The summed E-state index contributed by atoms with van der Waals surface area (Å²) in [6.45, 7) is 8.38. The number of aliphatic hydroxyl groups is 1. The summed E-state index contributed by atoms with van der Waals surface area (Å²) >= 11 is 0. The largest absolute Gasteiger partial charge is 0.494 e. The summed E-state index contributed by atoms with van der Waals surface area (Å²) in [5, 5.41) is 9.61. The van der Waals surface area contributed by atoms with Crippen LogP contribution in [0.2, 0.25) is 0 Å². The summed E-state index contributed by atoms with van der Waals surface area (Å²) in [7, 11) is 2.07. The maximum absolute atomic E-state index is 9.61. The van der Waals surface area contributed by atoms with Gasteiger partial charge in [-0.2, -0.15) is 0 Å². The van der Waals surface area contributed by atoms with Gasteiger partial charge in [0.2, 0.25) is 0 Å². The molecule has 0 spiro atoms. The standard InChI is InChI=1S/C14H23NO2/c1-5-15(4)10-13-9-12(11(3)16)7-8-14(13)17-6-2/h7-9,11,16H,5-6,10H2,1-4H3. The van der Waals surface area contributed by atoms with Gasteiger partial charge in [0.1, 0.15) is 5.75 Å². The third-order valence-corrected chi connectivity index (χ3v) is 2.85. The Hall–Kier alpha value is -1.06. The van der Waals surface area contributed by atoms with E-state index in [-0.39, 0.29) is 0 Å². The average Bonchev–Trinajstić information content (AvgIpc) is 2.31. The van der Waals surface area contributed by atoms with Crippen molar-refractivity contribution in [3.63, 3.8) is 0 Å². The summed E-state index contributed by atoms with van der Waals surface area (Å²) in [5.41, 5.74) is 2.07. The second kappa shape index (κ2) is 6.62. The Labute approximate surface area is 104 Å². The number of aliphatic hydroxyl groups excluding tert-OH is 1. The Morgan fingerprint density at radius 1 is 1.35 bits per heavy atom. The molecular weight excluding hydrogens is 214 g/mol. The zero-order chi connectivity index (χ0) is 12.8. The quantitative estimate of drug-likeness (QED) is 0.825. The van der Waals surface area contributed by atoms with Gasteiger partial charge in [0.15, 0.2) is 0 Å². The Kier molecular flexibility index (Phi) is 5.45. The lowest BCUT2D eigenvalue weighted by Crippen LogP contribution is -2.17. The summed E-state index contributed by atoms with van der Waals surface area (Å²) in [6.07, 6.45) is -0.434. The minimum atomic E-state index is -0.434. The molecule has 1 N–H and O–H groups in total. The molecule has 96 valence electrons. The predicted molar refractivity (Wildman–Crippen MR) is 70.3 cm³/mol. The molecule has 1 aromatic carbocycles. The molecule has 3 nitrogen and oxygen atoms in total. The summed E-state index contributed by atoms with van der Waals surface area (Å²) in [5.74, 6) is 0.914. The molecule has 0 aliphatic rings. The van der Waals surface area contributed by atoms with E-state index in [1.807, 2.05) is 25.1 Å². The molecule has 0 saturated heterocycles. The Bertz CT molecular complexity index is 350. The fourth-order valence-electron chi connectivity index (χ4n) is 1.68. The van der Waals surface area contributed by atoms with E-state index < -0.39 is 6.10 Å². The van der Waals surface area contributed by atoms with Crippen LogP contribution in [0, 0.1) is 0 Å². The molecule has 0 heterocycles. The minimum absolute atomic E-state index is 0.434. The second-order valence-corrected chi connectivity index (χ2v) is 4.31. The smallest absolute Gasteiger partial charge is 0.123 e. The average molecular weight is 237 g/mol. The molecule has 1 rings (SSSR count). The first-order chi connectivity index (χ1) is 8.08. The molecule has 17 heavy (non-hydrogen) atoms. The maximum Gasteiger partial charge on any atom is 0.123 e. The summed E-state index contributed by atoms with van der Waals surface area (Å²) in [4.78, 5) is 2.21. The molecule has 0 aliphatic carbocycles. The fourth-order valence-corrected chi connectivity index (χ4v) is 1.68. The predicted octanol–water partition coefficient (Wildman–Crippen LogP) is 2.59. The maximum atomic E-state index is 9.61. The van der Waals surface area contributed by atoms with E-state index in [4.69, 9.17) is 4.74 Å². The van der Waals surface area contributed by atoms with Crippen LogP contribution in [-0.4, -0.2) is 30.2 Å². The number of nitrogens with zero attached hydrogens (tertiary/aromatic N) is 1. The number of ether oxygens (including phenoxy) is 1. The molecule has 0 saturated carbocycles. The van der Waals surface area contributed by atoms with E-state index >= 15 is 0 Å². The SMILES string of the molecule is CCOc1ccc(C(C)O)cc1CN(C)CC. The van der Waals surface area contributed by atoms with E-state index in [1.165, 1.54) is 0 Å². The van der Waals surface area contributed by atoms with Crippen LogP contribution in [0.5, 0.6) is 5.75 Å². The highest BCUT2D eigenvalue weighted by molar-refractivity contribution is 5.38. The van der Waals surface area contributed by atoms with Crippen LogP contribution in [0.4, 0.5) is 0 Å². The van der Waals surface area contributed by atoms with Gasteiger partial charge in [0, 0.05) is 12.1 Å². The van der Waals surface area contributed by atoms with E-state index in [9.17, 15) is 5.11 Å². The van der Waals surface area contributed by atoms with Gasteiger partial charge >= 0.3 is 0 Å². The van der Waals surface area contributed by atoms with Crippen molar-refractivity contribution in [2.24, 2.45) is 0 Å². The third-order valence-electron chi connectivity index (χ3n) is 2.85. The van der Waals surface area contributed by atoms with Gasteiger partial charge in [-0.1, -0.05) is 13.0 Å². The Balaban J connectivity index is 2.97. The van der Waals surface area contributed by atoms with E-state index in [0.29, 0.717) is 6.61 Å². The highest BCUT2D eigenvalue weighted by Gasteiger charge is 2.09. The van der Waals surface area contributed by atoms with Gasteiger partial charge in [0.05, 0.1) is 12.7 Å². The van der Waals surface area contributed by atoms with Gasteiger partial charge < -0.3 is 14.7 Å². The highest BCUT2D eigenvalue weighted by Crippen LogP contribution is 2.24. The first-order valence-corrected chi connectivity index (χ1v) is 6.20. The van der Waals surface area contributed by atoms with Crippen LogP contribution in [0.25, 0.3) is 0 Å². The van der Waals surface area contributed by atoms with Crippen molar-refractivity contribution in [2.75, 3.05) is 20.2 Å². The molecule has 3 heteroatoms. The van der Waals surface area contributed by atoms with Crippen LogP contribution in [0.15, 0.2) is 18.2 Å². The number of benzene rings is 1. The van der Waals surface area contributed by atoms with Crippen molar-refractivity contribution in [3.05, 3.63) is 29.3 Å². The van der Waals surface area contributed by atoms with E-state index in [1.54, 1.807) is 6.92 Å². The van der Waals surface area contributed by atoms with Gasteiger partial charge in [0.25, 0.3) is 0 Å². The lowest BCUT2D eigenvalue weighted by molar-refractivity contribution is 0.199. The Morgan fingerprint density at radius 3 is 2.59 bits per heavy atom. The van der Waals surface area contributed by atoms with Crippen LogP contribution >= 0.6 is 0 Å². The highest BCUT2D eigenvalue weighted by atomic mass is 16.5. The minimum Gasteiger partial charge on any atom is -0.494 e. The molecule has 1 aromatic rings. The molecule has 0 aromatic heterocycles. The fraction of sp³-hybridized carbons (Fsp3) is 0.571. The summed E-state index contributed by atoms with van der Waals surface area (Å²) < 4.78 is 5.61.